The summed E-state index contributed by atoms with van der Waals surface area (Å²) in [7, 11) is 0. The van der Waals surface area contributed by atoms with Gasteiger partial charge in [-0.05, 0) is 38.0 Å². The molecule has 0 N–H and O–H groups in total. The smallest absolute Gasteiger partial charge is 0.138 e. The summed E-state index contributed by atoms with van der Waals surface area (Å²) >= 11 is 6.14. The van der Waals surface area contributed by atoms with Crippen LogP contribution in [0.25, 0.3) is 0 Å². The van der Waals surface area contributed by atoms with Gasteiger partial charge in [-0.2, -0.15) is 5.10 Å². The molecule has 4 heteroatoms. The van der Waals surface area contributed by atoms with E-state index in [0.29, 0.717) is 11.9 Å². The van der Waals surface area contributed by atoms with Crippen molar-refractivity contribution in [3.05, 3.63) is 12.2 Å². The number of aromatic nitrogens is 3. The summed E-state index contributed by atoms with van der Waals surface area (Å²) in [5.74, 6) is 2.56. The van der Waals surface area contributed by atoms with E-state index in [2.05, 4.69) is 30.9 Å². The fourth-order valence-electron chi connectivity index (χ4n) is 2.27. The van der Waals surface area contributed by atoms with E-state index >= 15 is 0 Å². The van der Waals surface area contributed by atoms with Crippen molar-refractivity contribution in [1.29, 1.82) is 0 Å². The van der Waals surface area contributed by atoms with Gasteiger partial charge in [0, 0.05) is 18.3 Å². The van der Waals surface area contributed by atoms with E-state index in [1.54, 1.807) is 6.33 Å². The second kappa shape index (κ2) is 4.36. The number of hydrogen-bond acceptors (Lipinski definition) is 2. The van der Waals surface area contributed by atoms with E-state index in [4.69, 9.17) is 11.6 Å². The van der Waals surface area contributed by atoms with Crippen molar-refractivity contribution in [1.82, 2.24) is 14.8 Å². The number of alkyl halides is 1. The molecule has 1 fully saturated rings. The summed E-state index contributed by atoms with van der Waals surface area (Å²) in [5, 5.41) is 4.28. The summed E-state index contributed by atoms with van der Waals surface area (Å²) in [5.41, 5.74) is 0.196. The normalized spacial score (nSPS) is 20.1. The highest BCUT2D eigenvalue weighted by Gasteiger charge is 2.41. The lowest BCUT2D eigenvalue weighted by atomic mass is 9.83. The Hall–Kier alpha value is -0.570. The topological polar surface area (TPSA) is 30.7 Å². The van der Waals surface area contributed by atoms with Gasteiger partial charge < -0.3 is 0 Å². The fraction of sp³-hybridized carbons (Fsp3) is 0.833. The van der Waals surface area contributed by atoms with Crippen molar-refractivity contribution in [3.63, 3.8) is 0 Å². The van der Waals surface area contributed by atoms with Gasteiger partial charge in [-0.15, -0.1) is 11.6 Å². The Bertz CT molecular complexity index is 357. The van der Waals surface area contributed by atoms with Gasteiger partial charge in [-0.3, -0.25) is 0 Å². The van der Waals surface area contributed by atoms with Crippen LogP contribution in [0.5, 0.6) is 0 Å². The molecular weight excluding hydrogens is 222 g/mol. The first-order valence-electron chi connectivity index (χ1n) is 6.01. The van der Waals surface area contributed by atoms with Crippen LogP contribution in [0, 0.1) is 11.3 Å². The Morgan fingerprint density at radius 2 is 2.25 bits per heavy atom. The molecule has 0 aromatic carbocycles. The molecule has 1 saturated carbocycles. The van der Waals surface area contributed by atoms with E-state index in [9.17, 15) is 0 Å². The Morgan fingerprint density at radius 3 is 2.75 bits per heavy atom. The molecule has 90 valence electrons. The van der Waals surface area contributed by atoms with Crippen LogP contribution in [0.15, 0.2) is 6.33 Å². The van der Waals surface area contributed by atoms with Crippen LogP contribution in [0.4, 0.5) is 0 Å². The molecule has 16 heavy (non-hydrogen) atoms. The van der Waals surface area contributed by atoms with Gasteiger partial charge in [0.1, 0.15) is 12.2 Å². The van der Waals surface area contributed by atoms with E-state index in [1.165, 1.54) is 12.8 Å². The average molecular weight is 242 g/mol. The first-order valence-corrected chi connectivity index (χ1v) is 6.54. The van der Waals surface area contributed by atoms with E-state index in [-0.39, 0.29) is 5.41 Å². The lowest BCUT2D eigenvalue weighted by molar-refractivity contribution is 0.297. The monoisotopic (exact) mass is 241 g/mol. The highest BCUT2D eigenvalue weighted by molar-refractivity contribution is 6.18. The van der Waals surface area contributed by atoms with Crippen molar-refractivity contribution in [2.24, 2.45) is 11.3 Å². The molecule has 3 nitrogen and oxygen atoms in total. The van der Waals surface area contributed by atoms with Crippen LogP contribution in [-0.2, 0) is 6.42 Å². The average Bonchev–Trinajstić information content (AvgIpc) is 3.00. The lowest BCUT2D eigenvalue weighted by Crippen LogP contribution is -2.26. The molecule has 0 radical (unpaired) electrons. The summed E-state index contributed by atoms with van der Waals surface area (Å²) in [6.45, 7) is 6.54. The summed E-state index contributed by atoms with van der Waals surface area (Å²) in [6, 6.07) is 0.372. The number of hydrogen-bond donors (Lipinski definition) is 0. The van der Waals surface area contributed by atoms with Crippen LogP contribution in [0.2, 0.25) is 0 Å². The van der Waals surface area contributed by atoms with Gasteiger partial charge in [0.2, 0.25) is 0 Å². The van der Waals surface area contributed by atoms with Crippen LogP contribution < -0.4 is 0 Å². The molecule has 1 aromatic rings. The van der Waals surface area contributed by atoms with Crippen LogP contribution >= 0.6 is 11.6 Å². The standard InChI is InChI=1S/C12H20ClN3/c1-9(2)16-11(14-8-15-16)6-12(3,7-13)10-4-5-10/h8-10H,4-7H2,1-3H3. The third-order valence-electron chi connectivity index (χ3n) is 3.57. The molecule has 1 aliphatic carbocycles. The van der Waals surface area contributed by atoms with Gasteiger partial charge in [-0.1, -0.05) is 6.92 Å². The quantitative estimate of drug-likeness (QED) is 0.742. The second-order valence-electron chi connectivity index (χ2n) is 5.45. The summed E-state index contributed by atoms with van der Waals surface area (Å²) < 4.78 is 2.01. The Morgan fingerprint density at radius 1 is 1.56 bits per heavy atom. The van der Waals surface area contributed by atoms with Gasteiger partial charge in [-0.25, -0.2) is 9.67 Å². The lowest BCUT2D eigenvalue weighted by Gasteiger charge is -2.27. The fourth-order valence-corrected chi connectivity index (χ4v) is 2.59. The molecule has 1 unspecified atom stereocenters. The van der Waals surface area contributed by atoms with Crippen LogP contribution in [0.1, 0.15) is 45.5 Å². The van der Waals surface area contributed by atoms with E-state index < -0.39 is 0 Å². The largest absolute Gasteiger partial charge is 0.248 e. The predicted octanol–water partition coefficient (Wildman–Crippen LogP) is 3.06. The van der Waals surface area contributed by atoms with E-state index in [1.807, 2.05) is 4.68 Å². The zero-order chi connectivity index (χ0) is 11.8. The Balaban J connectivity index is 2.15. The highest BCUT2D eigenvalue weighted by atomic mass is 35.5. The summed E-state index contributed by atoms with van der Waals surface area (Å²) in [6.07, 6.45) is 5.23. The number of rotatable bonds is 5. The second-order valence-corrected chi connectivity index (χ2v) is 5.72. The number of nitrogens with zero attached hydrogens (tertiary/aromatic N) is 3. The van der Waals surface area contributed by atoms with Crippen molar-refractivity contribution in [2.45, 2.75) is 46.1 Å². The molecule has 0 bridgehead atoms. The molecule has 0 spiro atoms. The van der Waals surface area contributed by atoms with Crippen LogP contribution in [0.3, 0.4) is 0 Å². The third kappa shape index (κ3) is 2.24. The minimum absolute atomic E-state index is 0.196. The minimum Gasteiger partial charge on any atom is -0.248 e. The molecule has 1 aliphatic rings. The van der Waals surface area contributed by atoms with Crippen LogP contribution in [-0.4, -0.2) is 20.6 Å². The van der Waals surface area contributed by atoms with Crippen molar-refractivity contribution in [3.8, 4) is 0 Å². The van der Waals surface area contributed by atoms with Crippen molar-refractivity contribution in [2.75, 3.05) is 5.88 Å². The van der Waals surface area contributed by atoms with Gasteiger partial charge in [0.05, 0.1) is 0 Å². The molecule has 1 heterocycles. The van der Waals surface area contributed by atoms with Gasteiger partial charge >= 0.3 is 0 Å². The summed E-state index contributed by atoms with van der Waals surface area (Å²) in [4.78, 5) is 4.37. The van der Waals surface area contributed by atoms with Gasteiger partial charge in [0.15, 0.2) is 0 Å². The minimum atomic E-state index is 0.196. The highest BCUT2D eigenvalue weighted by Crippen LogP contribution is 2.47. The maximum Gasteiger partial charge on any atom is 0.138 e. The zero-order valence-corrected chi connectivity index (χ0v) is 11.0. The molecule has 1 aromatic heterocycles. The SMILES string of the molecule is CC(C)n1ncnc1CC(C)(CCl)C1CC1. The maximum atomic E-state index is 6.14. The molecule has 1 atom stereocenters. The molecular formula is C12H20ClN3. The third-order valence-corrected chi connectivity index (χ3v) is 4.18. The van der Waals surface area contributed by atoms with Crippen molar-refractivity contribution >= 4 is 11.6 Å². The predicted molar refractivity (Wildman–Crippen MR) is 65.7 cm³/mol. The molecule has 0 amide bonds. The molecule has 0 saturated heterocycles. The Labute approximate surface area is 102 Å². The zero-order valence-electron chi connectivity index (χ0n) is 10.3. The first-order chi connectivity index (χ1) is 7.57. The first kappa shape index (κ1) is 11.9. The van der Waals surface area contributed by atoms with Crippen molar-refractivity contribution < 1.29 is 0 Å². The van der Waals surface area contributed by atoms with Gasteiger partial charge in [0.25, 0.3) is 0 Å². The van der Waals surface area contributed by atoms with E-state index in [0.717, 1.165) is 18.2 Å². The molecule has 0 aliphatic heterocycles. The molecule has 2 rings (SSSR count). The maximum absolute atomic E-state index is 6.14. The Kier molecular flexibility index (Phi) is 3.24. The number of halogens is 1.